The van der Waals surface area contributed by atoms with Crippen LogP contribution < -0.4 is 19.7 Å². The van der Waals surface area contributed by atoms with E-state index in [1.54, 1.807) is 21.3 Å². The highest BCUT2D eigenvalue weighted by molar-refractivity contribution is 7.88. The Kier molecular flexibility index (Phi) is 7.41. The van der Waals surface area contributed by atoms with Crippen molar-refractivity contribution in [2.75, 3.05) is 58.6 Å². The van der Waals surface area contributed by atoms with Gasteiger partial charge in [0.25, 0.3) is 0 Å². The van der Waals surface area contributed by atoms with Crippen molar-refractivity contribution in [2.45, 2.75) is 19.4 Å². The normalized spacial score (nSPS) is 18.7. The number of fused-ring (bicyclic) bond motifs is 1. The van der Waals surface area contributed by atoms with E-state index in [1.807, 2.05) is 43.3 Å². The minimum absolute atomic E-state index is 0.176. The Morgan fingerprint density at radius 1 is 1.03 bits per heavy atom. The number of piperazine rings is 1. The smallest absolute Gasteiger partial charge is 0.337 e. The summed E-state index contributed by atoms with van der Waals surface area (Å²) in [6.45, 7) is 4.12. The number of nitrogens with one attached hydrogen (secondary N) is 1. The Morgan fingerprint density at radius 3 is 2.19 bits per heavy atom. The van der Waals surface area contributed by atoms with Crippen LogP contribution in [0, 0.1) is 0 Å². The zero-order valence-corrected chi connectivity index (χ0v) is 22.1. The lowest BCUT2D eigenvalue weighted by Gasteiger charge is -2.34. The molecule has 1 saturated heterocycles. The van der Waals surface area contributed by atoms with Gasteiger partial charge < -0.3 is 19.7 Å². The fraction of sp³-hybridized carbons (Fsp3) is 0.440. The lowest BCUT2D eigenvalue weighted by atomic mass is 9.94. The van der Waals surface area contributed by atoms with Gasteiger partial charge in [-0.15, -0.1) is 0 Å². The lowest BCUT2D eigenvalue weighted by Crippen LogP contribution is -2.48. The zero-order chi connectivity index (χ0) is 26.0. The third-order valence-electron chi connectivity index (χ3n) is 6.64. The average Bonchev–Trinajstić information content (AvgIpc) is 3.02. The summed E-state index contributed by atoms with van der Waals surface area (Å²) in [7, 11) is 1.60. The zero-order valence-electron chi connectivity index (χ0n) is 21.3. The minimum atomic E-state index is -3.18. The third-order valence-corrected chi connectivity index (χ3v) is 7.94. The van der Waals surface area contributed by atoms with Gasteiger partial charge in [0, 0.05) is 50.0 Å². The number of benzene rings is 2. The molecule has 2 amide bonds. The number of hydrazone groups is 1. The van der Waals surface area contributed by atoms with Gasteiger partial charge in [-0.05, 0) is 43.2 Å². The maximum absolute atomic E-state index is 12.7. The summed E-state index contributed by atoms with van der Waals surface area (Å²) in [5.74, 6) is 1.21. The second-order valence-electron chi connectivity index (χ2n) is 8.96. The van der Waals surface area contributed by atoms with Crippen LogP contribution >= 0.6 is 0 Å². The first-order chi connectivity index (χ1) is 17.2. The van der Waals surface area contributed by atoms with Crippen LogP contribution in [0.1, 0.15) is 23.6 Å². The second-order valence-corrected chi connectivity index (χ2v) is 10.9. The van der Waals surface area contributed by atoms with Crippen LogP contribution in [-0.4, -0.2) is 89.2 Å². The Hall–Kier alpha value is -3.31. The number of nitrogens with zero attached hydrogens (tertiary/aromatic N) is 4. The molecule has 1 unspecified atom stereocenters. The molecule has 4 rings (SSSR count). The molecule has 0 spiro atoms. The molecule has 194 valence electrons. The topological polar surface area (TPSA) is 104 Å². The number of anilines is 1. The quantitative estimate of drug-likeness (QED) is 0.654. The molecule has 11 heteroatoms. The molecular weight excluding hydrogens is 482 g/mol. The molecule has 2 aliphatic rings. The van der Waals surface area contributed by atoms with E-state index >= 15 is 0 Å². The number of carbonyl (C=O) groups is 1. The molecule has 10 nitrogen and oxygen atoms in total. The third kappa shape index (κ3) is 5.12. The van der Waals surface area contributed by atoms with E-state index < -0.39 is 10.0 Å². The van der Waals surface area contributed by atoms with Gasteiger partial charge in [-0.2, -0.15) is 9.41 Å². The van der Waals surface area contributed by atoms with Crippen LogP contribution in [0.2, 0.25) is 0 Å². The molecule has 2 heterocycles. The van der Waals surface area contributed by atoms with Gasteiger partial charge in [0.15, 0.2) is 11.5 Å². The Balaban J connectivity index is 1.71. The van der Waals surface area contributed by atoms with E-state index in [0.717, 1.165) is 22.4 Å². The maximum atomic E-state index is 12.7. The summed E-state index contributed by atoms with van der Waals surface area (Å²) in [6, 6.07) is 11.4. The van der Waals surface area contributed by atoms with Crippen LogP contribution in [-0.2, 0) is 16.4 Å². The van der Waals surface area contributed by atoms with Crippen LogP contribution in [0.5, 0.6) is 11.5 Å². The number of hydrogen-bond donors (Lipinski definition) is 1. The number of ether oxygens (including phenoxy) is 2. The Morgan fingerprint density at radius 2 is 1.64 bits per heavy atom. The van der Waals surface area contributed by atoms with Crippen LogP contribution in [0.25, 0.3) is 0 Å². The largest absolute Gasteiger partial charge is 0.493 e. The maximum Gasteiger partial charge on any atom is 0.337 e. The van der Waals surface area contributed by atoms with E-state index in [1.165, 1.54) is 15.6 Å². The van der Waals surface area contributed by atoms with E-state index in [4.69, 9.17) is 14.6 Å². The summed E-state index contributed by atoms with van der Waals surface area (Å²) in [6.07, 6.45) is 1.84. The van der Waals surface area contributed by atoms with E-state index in [0.29, 0.717) is 49.8 Å². The van der Waals surface area contributed by atoms with Crippen molar-refractivity contribution in [1.82, 2.24) is 14.6 Å². The molecule has 2 aliphatic heterocycles. The molecule has 2 aromatic carbocycles. The molecule has 0 radical (unpaired) electrons. The van der Waals surface area contributed by atoms with Crippen LogP contribution in [0.4, 0.5) is 10.5 Å². The fourth-order valence-corrected chi connectivity index (χ4v) is 5.48. The summed E-state index contributed by atoms with van der Waals surface area (Å²) in [5.41, 5.74) is 4.40. The van der Waals surface area contributed by atoms with Crippen LogP contribution in [0.3, 0.4) is 0 Å². The number of urea groups is 1. The predicted octanol–water partition coefficient (Wildman–Crippen LogP) is 2.12. The van der Waals surface area contributed by atoms with Gasteiger partial charge in [-0.1, -0.05) is 12.1 Å². The number of rotatable bonds is 5. The van der Waals surface area contributed by atoms with Crippen molar-refractivity contribution in [1.29, 1.82) is 0 Å². The Labute approximate surface area is 212 Å². The SMILES string of the molecule is CNC(=O)N1N=C(c2ccc(N3CCN(S(C)(=O)=O)CC3)cc2)c2cc(OC)c(OC)cc2CC1C. The fourth-order valence-electron chi connectivity index (χ4n) is 4.66. The van der Waals surface area contributed by atoms with Crippen molar-refractivity contribution in [3.63, 3.8) is 0 Å². The molecule has 1 fully saturated rings. The van der Waals surface area contributed by atoms with E-state index in [2.05, 4.69) is 10.2 Å². The van der Waals surface area contributed by atoms with Crippen molar-refractivity contribution >= 4 is 27.5 Å². The Bertz CT molecular complexity index is 1250. The van der Waals surface area contributed by atoms with Gasteiger partial charge in [0.2, 0.25) is 10.0 Å². The van der Waals surface area contributed by atoms with Gasteiger partial charge >= 0.3 is 6.03 Å². The van der Waals surface area contributed by atoms with Gasteiger partial charge in [-0.25, -0.2) is 18.2 Å². The van der Waals surface area contributed by atoms with Gasteiger partial charge in [-0.3, -0.25) is 0 Å². The monoisotopic (exact) mass is 515 g/mol. The minimum Gasteiger partial charge on any atom is -0.493 e. The van der Waals surface area contributed by atoms with E-state index in [-0.39, 0.29) is 12.1 Å². The number of methoxy groups -OCH3 is 2. The van der Waals surface area contributed by atoms with Crippen LogP contribution in [0.15, 0.2) is 41.5 Å². The molecule has 0 aliphatic carbocycles. The average molecular weight is 516 g/mol. The number of carbonyl (C=O) groups excluding carboxylic acids is 1. The molecule has 1 atom stereocenters. The summed E-state index contributed by atoms with van der Waals surface area (Å²) < 4.78 is 36.2. The highest BCUT2D eigenvalue weighted by atomic mass is 32.2. The predicted molar refractivity (Wildman–Crippen MR) is 140 cm³/mol. The van der Waals surface area contributed by atoms with E-state index in [9.17, 15) is 13.2 Å². The van der Waals surface area contributed by atoms with Gasteiger partial charge in [0.05, 0.1) is 32.2 Å². The molecule has 0 saturated carbocycles. The highest BCUT2D eigenvalue weighted by Crippen LogP contribution is 2.35. The molecular formula is C25H33N5O5S. The molecule has 0 bridgehead atoms. The van der Waals surface area contributed by atoms with Crippen molar-refractivity contribution in [2.24, 2.45) is 5.10 Å². The second kappa shape index (κ2) is 10.4. The first kappa shape index (κ1) is 25.8. The standard InChI is InChI=1S/C25H33N5O5S/c1-17-14-19-15-22(34-3)23(35-4)16-21(19)24(27-30(17)25(31)26-2)18-6-8-20(9-7-18)28-10-12-29(13-11-28)36(5,32)33/h6-9,15-17H,10-14H2,1-5H3,(H,26,31). The molecule has 1 N–H and O–H groups in total. The molecule has 0 aromatic heterocycles. The number of amides is 2. The molecule has 2 aromatic rings. The first-order valence-corrected chi connectivity index (χ1v) is 13.7. The van der Waals surface area contributed by atoms with Crippen molar-refractivity contribution in [3.05, 3.63) is 53.1 Å². The van der Waals surface area contributed by atoms with Gasteiger partial charge in [0.1, 0.15) is 0 Å². The lowest BCUT2D eigenvalue weighted by molar-refractivity contribution is 0.184. The summed E-state index contributed by atoms with van der Waals surface area (Å²) >= 11 is 0. The number of sulfonamides is 1. The number of hydrogen-bond acceptors (Lipinski definition) is 7. The molecule has 36 heavy (non-hydrogen) atoms. The van der Waals surface area contributed by atoms with Crippen molar-refractivity contribution < 1.29 is 22.7 Å². The summed E-state index contributed by atoms with van der Waals surface area (Å²) in [4.78, 5) is 14.8. The highest BCUT2D eigenvalue weighted by Gasteiger charge is 2.29. The first-order valence-electron chi connectivity index (χ1n) is 11.8. The van der Waals surface area contributed by atoms with Crippen molar-refractivity contribution in [3.8, 4) is 11.5 Å². The summed E-state index contributed by atoms with van der Waals surface area (Å²) in [5, 5.41) is 8.96.